The molecule has 7 nitrogen and oxygen atoms in total. The number of carbonyl (C=O) groups excluding carboxylic acids is 2. The largest absolute Gasteiger partial charge is 0.465 e. The Hall–Kier alpha value is -3.35. The van der Waals surface area contributed by atoms with Crippen molar-refractivity contribution in [3.63, 3.8) is 0 Å². The van der Waals surface area contributed by atoms with Crippen LogP contribution in [0.5, 0.6) is 0 Å². The molecule has 1 aliphatic heterocycles. The first-order valence-electron chi connectivity index (χ1n) is 9.99. The number of carbonyl (C=O) groups is 2. The fraction of sp³-hybridized carbons (Fsp3) is 0.348. The van der Waals surface area contributed by atoms with Gasteiger partial charge in [0, 0.05) is 24.7 Å². The van der Waals surface area contributed by atoms with E-state index in [0.717, 1.165) is 16.6 Å². The molecule has 2 aromatic carbocycles. The Morgan fingerprint density at radius 1 is 1.03 bits per heavy atom. The van der Waals surface area contributed by atoms with Crippen LogP contribution in [0.15, 0.2) is 45.6 Å². The van der Waals surface area contributed by atoms with Crippen LogP contribution < -0.4 is 5.76 Å². The fourth-order valence-electron chi connectivity index (χ4n) is 4.20. The SMILES string of the molecule is COC(=O)c1ccc(C(=O)N2CCC(n3c(=O)oc4c(C)cc(C)cc43)CC2)cc1. The van der Waals surface area contributed by atoms with Crippen LogP contribution in [0.4, 0.5) is 0 Å². The highest BCUT2D eigenvalue weighted by Gasteiger charge is 2.27. The van der Waals surface area contributed by atoms with Gasteiger partial charge in [-0.2, -0.15) is 0 Å². The standard InChI is InChI=1S/C23H24N2O5/c1-14-12-15(2)20-19(13-14)25(23(28)30-20)18-8-10-24(11-9-18)21(26)16-4-6-17(7-5-16)22(27)29-3/h4-7,12-13,18H,8-11H2,1-3H3. The summed E-state index contributed by atoms with van der Waals surface area (Å²) in [6.45, 7) is 5.04. The smallest absolute Gasteiger partial charge is 0.420 e. The van der Waals surface area contributed by atoms with Gasteiger partial charge in [0.2, 0.25) is 0 Å². The first-order chi connectivity index (χ1) is 14.4. The van der Waals surface area contributed by atoms with E-state index in [1.165, 1.54) is 7.11 Å². The number of aromatic nitrogens is 1. The number of oxazole rings is 1. The van der Waals surface area contributed by atoms with Crippen molar-refractivity contribution < 1.29 is 18.7 Å². The quantitative estimate of drug-likeness (QED) is 0.620. The van der Waals surface area contributed by atoms with Crippen molar-refractivity contribution in [2.45, 2.75) is 32.7 Å². The van der Waals surface area contributed by atoms with Crippen molar-refractivity contribution >= 4 is 23.0 Å². The number of ether oxygens (including phenoxy) is 1. The van der Waals surface area contributed by atoms with Crippen LogP contribution in [0.2, 0.25) is 0 Å². The predicted molar refractivity (Wildman–Crippen MR) is 112 cm³/mol. The molecular formula is C23H24N2O5. The molecule has 0 atom stereocenters. The Morgan fingerprint density at radius 3 is 2.30 bits per heavy atom. The molecule has 1 saturated heterocycles. The molecule has 2 heterocycles. The molecule has 4 rings (SSSR count). The van der Waals surface area contributed by atoms with Crippen molar-refractivity contribution in [1.82, 2.24) is 9.47 Å². The second-order valence-corrected chi connectivity index (χ2v) is 7.76. The van der Waals surface area contributed by atoms with Gasteiger partial charge in [-0.15, -0.1) is 0 Å². The van der Waals surface area contributed by atoms with Crippen LogP contribution in [0.1, 0.15) is 50.7 Å². The molecule has 30 heavy (non-hydrogen) atoms. The maximum atomic E-state index is 12.8. The molecule has 0 radical (unpaired) electrons. The molecule has 0 spiro atoms. The predicted octanol–water partition coefficient (Wildman–Crippen LogP) is 3.48. The number of likely N-dealkylation sites (tertiary alicyclic amines) is 1. The summed E-state index contributed by atoms with van der Waals surface area (Å²) in [6, 6.07) is 10.4. The lowest BCUT2D eigenvalue weighted by Gasteiger charge is -2.32. The Labute approximate surface area is 173 Å². The van der Waals surface area contributed by atoms with Crippen LogP contribution in [0, 0.1) is 13.8 Å². The Bertz CT molecular complexity index is 1160. The minimum absolute atomic E-state index is 0.00861. The molecule has 3 aromatic rings. The Balaban J connectivity index is 1.50. The van der Waals surface area contributed by atoms with Gasteiger partial charge in [-0.05, 0) is 68.1 Å². The van der Waals surface area contributed by atoms with Crippen LogP contribution in [-0.4, -0.2) is 41.5 Å². The van der Waals surface area contributed by atoms with E-state index in [0.29, 0.717) is 42.6 Å². The number of esters is 1. The molecule has 156 valence electrons. The molecule has 0 bridgehead atoms. The van der Waals surface area contributed by atoms with Crippen molar-refractivity contribution in [3.05, 3.63) is 69.2 Å². The zero-order valence-corrected chi connectivity index (χ0v) is 17.3. The number of benzene rings is 2. The van der Waals surface area contributed by atoms with Gasteiger partial charge in [0.1, 0.15) is 0 Å². The first-order valence-corrected chi connectivity index (χ1v) is 9.99. The Morgan fingerprint density at radius 2 is 1.67 bits per heavy atom. The van der Waals surface area contributed by atoms with Gasteiger partial charge >= 0.3 is 11.7 Å². The lowest BCUT2D eigenvalue weighted by atomic mass is 10.0. The highest BCUT2D eigenvalue weighted by Crippen LogP contribution is 2.28. The summed E-state index contributed by atoms with van der Waals surface area (Å²) in [7, 11) is 1.32. The third-order valence-corrected chi connectivity index (χ3v) is 5.71. The number of amides is 1. The van der Waals surface area contributed by atoms with Gasteiger partial charge in [0.05, 0.1) is 18.2 Å². The van der Waals surface area contributed by atoms with Crippen LogP contribution in [0.3, 0.4) is 0 Å². The maximum Gasteiger partial charge on any atom is 0.420 e. The molecular weight excluding hydrogens is 384 g/mol. The number of aryl methyl sites for hydroxylation is 2. The van der Waals surface area contributed by atoms with Gasteiger partial charge < -0.3 is 14.1 Å². The van der Waals surface area contributed by atoms with Gasteiger partial charge in [-0.1, -0.05) is 6.07 Å². The summed E-state index contributed by atoms with van der Waals surface area (Å²) >= 11 is 0. The van der Waals surface area contributed by atoms with Crippen LogP contribution in [-0.2, 0) is 4.74 Å². The first kappa shape index (κ1) is 19.9. The van der Waals surface area contributed by atoms with E-state index in [2.05, 4.69) is 4.74 Å². The number of methoxy groups -OCH3 is 1. The highest BCUT2D eigenvalue weighted by atomic mass is 16.5. The number of hydrogen-bond acceptors (Lipinski definition) is 5. The Kier molecular flexibility index (Phi) is 5.20. The van der Waals surface area contributed by atoms with E-state index >= 15 is 0 Å². The summed E-state index contributed by atoms with van der Waals surface area (Å²) in [5.74, 6) is -0.860. The summed E-state index contributed by atoms with van der Waals surface area (Å²) in [5.41, 5.74) is 4.42. The van der Waals surface area contributed by atoms with Gasteiger partial charge in [-0.3, -0.25) is 9.36 Å². The zero-order valence-electron chi connectivity index (χ0n) is 17.3. The normalized spacial score (nSPS) is 14.8. The third-order valence-electron chi connectivity index (χ3n) is 5.71. The monoisotopic (exact) mass is 408 g/mol. The molecule has 0 unspecified atom stereocenters. The lowest BCUT2D eigenvalue weighted by Crippen LogP contribution is -2.40. The van der Waals surface area contributed by atoms with Gasteiger partial charge in [0.25, 0.3) is 5.91 Å². The average molecular weight is 408 g/mol. The summed E-state index contributed by atoms with van der Waals surface area (Å²) in [6.07, 6.45) is 1.35. The number of fused-ring (bicyclic) bond motifs is 1. The number of piperidine rings is 1. The van der Waals surface area contributed by atoms with Crippen molar-refractivity contribution in [3.8, 4) is 0 Å². The zero-order chi connectivity index (χ0) is 21.4. The van der Waals surface area contributed by atoms with E-state index in [9.17, 15) is 14.4 Å². The third kappa shape index (κ3) is 3.51. The van der Waals surface area contributed by atoms with Crippen molar-refractivity contribution in [2.24, 2.45) is 0 Å². The molecule has 0 saturated carbocycles. The topological polar surface area (TPSA) is 81.8 Å². The molecule has 1 aliphatic rings. The maximum absolute atomic E-state index is 12.8. The minimum Gasteiger partial charge on any atom is -0.465 e. The van der Waals surface area contributed by atoms with E-state index < -0.39 is 5.97 Å². The number of rotatable bonds is 3. The van der Waals surface area contributed by atoms with Crippen molar-refractivity contribution in [2.75, 3.05) is 20.2 Å². The van der Waals surface area contributed by atoms with E-state index in [-0.39, 0.29) is 17.7 Å². The molecule has 1 amide bonds. The minimum atomic E-state index is -0.432. The second-order valence-electron chi connectivity index (χ2n) is 7.76. The molecule has 0 N–H and O–H groups in total. The van der Waals surface area contributed by atoms with Crippen molar-refractivity contribution in [1.29, 1.82) is 0 Å². The number of nitrogens with zero attached hydrogens (tertiary/aromatic N) is 2. The summed E-state index contributed by atoms with van der Waals surface area (Å²) < 4.78 is 11.9. The summed E-state index contributed by atoms with van der Waals surface area (Å²) in [5, 5.41) is 0. The molecule has 0 aliphatic carbocycles. The van der Waals surface area contributed by atoms with Gasteiger partial charge in [0.15, 0.2) is 5.58 Å². The number of hydrogen-bond donors (Lipinski definition) is 0. The van der Waals surface area contributed by atoms with Crippen LogP contribution in [0.25, 0.3) is 11.1 Å². The lowest BCUT2D eigenvalue weighted by molar-refractivity contribution is 0.0599. The van der Waals surface area contributed by atoms with Crippen LogP contribution >= 0.6 is 0 Å². The second kappa shape index (κ2) is 7.82. The fourth-order valence-corrected chi connectivity index (χ4v) is 4.20. The molecule has 7 heteroatoms. The van der Waals surface area contributed by atoms with Gasteiger partial charge in [-0.25, -0.2) is 9.59 Å². The highest BCUT2D eigenvalue weighted by molar-refractivity contribution is 5.96. The molecule has 1 fully saturated rings. The van der Waals surface area contributed by atoms with E-state index in [4.69, 9.17) is 4.42 Å². The van der Waals surface area contributed by atoms with E-state index in [1.807, 2.05) is 26.0 Å². The van der Waals surface area contributed by atoms with E-state index in [1.54, 1.807) is 33.7 Å². The average Bonchev–Trinajstić information content (AvgIpc) is 3.09. The summed E-state index contributed by atoms with van der Waals surface area (Å²) in [4.78, 5) is 38.7. The molecule has 1 aromatic heterocycles.